The number of nitrogens with zero attached hydrogens (tertiary/aromatic N) is 1. The van der Waals surface area contributed by atoms with Gasteiger partial charge in [-0.15, -0.1) is 0 Å². The van der Waals surface area contributed by atoms with Crippen LogP contribution in [-0.2, 0) is 19.0 Å². The van der Waals surface area contributed by atoms with Crippen LogP contribution in [0.15, 0.2) is 0 Å². The Labute approximate surface area is 175 Å². The van der Waals surface area contributed by atoms with E-state index >= 15 is 0 Å². The summed E-state index contributed by atoms with van der Waals surface area (Å²) in [5.74, 6) is 0.375. The zero-order valence-electron chi connectivity index (χ0n) is 19.2. The third-order valence-electron chi connectivity index (χ3n) is 6.49. The molecule has 3 rings (SSSR count). The molecule has 0 N–H and O–H groups in total. The summed E-state index contributed by atoms with van der Waals surface area (Å²) < 4.78 is 17.9. The van der Waals surface area contributed by atoms with Crippen molar-refractivity contribution in [3.8, 4) is 0 Å². The molecule has 2 aliphatic heterocycles. The molecule has 2 saturated heterocycles. The summed E-state index contributed by atoms with van der Waals surface area (Å²) in [6.45, 7) is 13.3. The standard InChI is InChI=1S/C23H39NO5/c1-21(2,3)29-20(26)24-16(13-15-11-9-8-10-12-15)18(28-23(24,6)7)17-14-22(4,5)19(25)27-17/h15-18H,8-14H2,1-7H3/t16?,17-,18?/m0/s1. The molecule has 0 aromatic heterocycles. The third kappa shape index (κ3) is 4.89. The maximum absolute atomic E-state index is 13.2. The summed E-state index contributed by atoms with van der Waals surface area (Å²) in [7, 11) is 0. The van der Waals surface area contributed by atoms with Gasteiger partial charge >= 0.3 is 12.1 Å². The van der Waals surface area contributed by atoms with Crippen LogP contribution < -0.4 is 0 Å². The summed E-state index contributed by atoms with van der Waals surface area (Å²) in [6.07, 6.45) is 6.59. The van der Waals surface area contributed by atoms with Crippen LogP contribution in [0.3, 0.4) is 0 Å². The zero-order valence-corrected chi connectivity index (χ0v) is 19.2. The van der Waals surface area contributed by atoms with Crippen molar-refractivity contribution in [1.29, 1.82) is 0 Å². The lowest BCUT2D eigenvalue weighted by Gasteiger charge is -2.37. The van der Waals surface area contributed by atoms with Crippen molar-refractivity contribution in [3.63, 3.8) is 0 Å². The molecule has 2 unspecified atom stereocenters. The van der Waals surface area contributed by atoms with E-state index in [9.17, 15) is 9.59 Å². The van der Waals surface area contributed by atoms with E-state index in [1.165, 1.54) is 32.1 Å². The number of hydrogen-bond donors (Lipinski definition) is 0. The van der Waals surface area contributed by atoms with Gasteiger partial charge in [0.25, 0.3) is 0 Å². The number of carbonyl (C=O) groups is 2. The van der Waals surface area contributed by atoms with Crippen LogP contribution in [0, 0.1) is 11.3 Å². The highest BCUT2D eigenvalue weighted by Crippen LogP contribution is 2.45. The number of amides is 1. The lowest BCUT2D eigenvalue weighted by atomic mass is 9.81. The first kappa shape index (κ1) is 22.4. The second-order valence-corrected chi connectivity index (χ2v) is 11.2. The highest BCUT2D eigenvalue weighted by molar-refractivity contribution is 5.78. The van der Waals surface area contributed by atoms with Crippen molar-refractivity contribution in [2.45, 2.75) is 123 Å². The first-order chi connectivity index (χ1) is 13.3. The first-order valence-corrected chi connectivity index (χ1v) is 11.2. The molecular formula is C23H39NO5. The number of esters is 1. The third-order valence-corrected chi connectivity index (χ3v) is 6.49. The molecule has 0 aromatic carbocycles. The number of ether oxygens (including phenoxy) is 3. The van der Waals surface area contributed by atoms with Gasteiger partial charge in [0.05, 0.1) is 11.5 Å². The fourth-order valence-electron chi connectivity index (χ4n) is 5.12. The molecule has 2 heterocycles. The molecule has 6 nitrogen and oxygen atoms in total. The second-order valence-electron chi connectivity index (χ2n) is 11.2. The van der Waals surface area contributed by atoms with Gasteiger partial charge in [0.2, 0.25) is 0 Å². The Hall–Kier alpha value is -1.30. The summed E-state index contributed by atoms with van der Waals surface area (Å²) >= 11 is 0. The molecule has 1 amide bonds. The molecule has 0 bridgehead atoms. The van der Waals surface area contributed by atoms with Gasteiger partial charge in [-0.2, -0.15) is 0 Å². The van der Waals surface area contributed by atoms with Gasteiger partial charge in [-0.1, -0.05) is 32.1 Å². The number of hydrogen-bond acceptors (Lipinski definition) is 5. The summed E-state index contributed by atoms with van der Waals surface area (Å²) in [4.78, 5) is 27.3. The fourth-order valence-corrected chi connectivity index (χ4v) is 5.12. The number of cyclic esters (lactones) is 1. The normalized spacial score (nSPS) is 32.3. The van der Waals surface area contributed by atoms with Crippen molar-refractivity contribution in [2.24, 2.45) is 11.3 Å². The molecular weight excluding hydrogens is 370 g/mol. The van der Waals surface area contributed by atoms with E-state index in [-0.39, 0.29) is 30.3 Å². The van der Waals surface area contributed by atoms with Crippen molar-refractivity contribution in [1.82, 2.24) is 4.90 Å². The first-order valence-electron chi connectivity index (χ1n) is 11.2. The molecule has 0 radical (unpaired) electrons. The van der Waals surface area contributed by atoms with E-state index in [1.54, 1.807) is 4.90 Å². The molecule has 3 atom stereocenters. The predicted octanol–water partition coefficient (Wildman–Crippen LogP) is 5.04. The minimum absolute atomic E-state index is 0.158. The maximum atomic E-state index is 13.2. The SMILES string of the molecule is CC(C)(C)OC(=O)N1C(CC2CCCCC2)C([C@@H]2CC(C)(C)C(=O)O2)OC1(C)C. The molecule has 0 spiro atoms. The average Bonchev–Trinajstić information content (AvgIpc) is 2.99. The summed E-state index contributed by atoms with van der Waals surface area (Å²) in [5, 5.41) is 0. The Morgan fingerprint density at radius 1 is 1.14 bits per heavy atom. The largest absolute Gasteiger partial charge is 0.459 e. The van der Waals surface area contributed by atoms with Gasteiger partial charge in [-0.05, 0) is 60.8 Å². The quantitative estimate of drug-likeness (QED) is 0.611. The van der Waals surface area contributed by atoms with E-state index in [0.29, 0.717) is 12.3 Å². The van der Waals surface area contributed by atoms with Crippen LogP contribution in [-0.4, -0.2) is 46.5 Å². The monoisotopic (exact) mass is 409 g/mol. The van der Waals surface area contributed by atoms with E-state index in [0.717, 1.165) is 6.42 Å². The molecule has 0 aromatic rings. The highest BCUT2D eigenvalue weighted by Gasteiger charge is 2.57. The van der Waals surface area contributed by atoms with Crippen LogP contribution in [0.1, 0.15) is 93.4 Å². The molecule has 1 saturated carbocycles. The van der Waals surface area contributed by atoms with Crippen molar-refractivity contribution in [2.75, 3.05) is 0 Å². The molecule has 166 valence electrons. The van der Waals surface area contributed by atoms with Gasteiger partial charge in [0, 0.05) is 6.42 Å². The molecule has 29 heavy (non-hydrogen) atoms. The molecule has 1 aliphatic carbocycles. The van der Waals surface area contributed by atoms with Gasteiger partial charge < -0.3 is 14.2 Å². The summed E-state index contributed by atoms with van der Waals surface area (Å²) in [6, 6.07) is -0.158. The van der Waals surface area contributed by atoms with E-state index < -0.39 is 16.7 Å². The van der Waals surface area contributed by atoms with Crippen molar-refractivity contribution < 1.29 is 23.8 Å². The van der Waals surface area contributed by atoms with Crippen LogP contribution >= 0.6 is 0 Å². The number of carbonyl (C=O) groups excluding carboxylic acids is 2. The molecule has 6 heteroatoms. The van der Waals surface area contributed by atoms with Gasteiger partial charge in [0.1, 0.15) is 23.5 Å². The minimum atomic E-state index is -0.814. The van der Waals surface area contributed by atoms with Crippen molar-refractivity contribution in [3.05, 3.63) is 0 Å². The Morgan fingerprint density at radius 3 is 2.28 bits per heavy atom. The zero-order chi connectivity index (χ0) is 21.6. The Bertz CT molecular complexity index is 630. The van der Waals surface area contributed by atoms with E-state index in [1.807, 2.05) is 48.5 Å². The second kappa shape index (κ2) is 7.75. The smallest absolute Gasteiger partial charge is 0.412 e. The summed E-state index contributed by atoms with van der Waals surface area (Å²) in [5.41, 5.74) is -1.92. The van der Waals surface area contributed by atoms with E-state index in [2.05, 4.69) is 0 Å². The highest BCUT2D eigenvalue weighted by atomic mass is 16.6. The Morgan fingerprint density at radius 2 is 1.76 bits per heavy atom. The Balaban J connectivity index is 1.88. The van der Waals surface area contributed by atoms with E-state index in [4.69, 9.17) is 14.2 Å². The van der Waals surface area contributed by atoms with Gasteiger partial charge in [-0.3, -0.25) is 9.69 Å². The van der Waals surface area contributed by atoms with Crippen LogP contribution in [0.2, 0.25) is 0 Å². The van der Waals surface area contributed by atoms with Crippen molar-refractivity contribution >= 4 is 12.1 Å². The van der Waals surface area contributed by atoms with Crippen LogP contribution in [0.25, 0.3) is 0 Å². The minimum Gasteiger partial charge on any atom is -0.459 e. The van der Waals surface area contributed by atoms with Crippen LogP contribution in [0.4, 0.5) is 4.79 Å². The lowest BCUT2D eigenvalue weighted by Crippen LogP contribution is -2.51. The fraction of sp³-hybridized carbons (Fsp3) is 0.913. The molecule has 3 aliphatic rings. The average molecular weight is 410 g/mol. The maximum Gasteiger partial charge on any atom is 0.412 e. The van der Waals surface area contributed by atoms with Gasteiger partial charge in [0.15, 0.2) is 0 Å². The lowest BCUT2D eigenvalue weighted by molar-refractivity contribution is -0.154. The number of rotatable bonds is 3. The predicted molar refractivity (Wildman–Crippen MR) is 110 cm³/mol. The Kier molecular flexibility index (Phi) is 5.98. The molecule has 3 fully saturated rings. The topological polar surface area (TPSA) is 65.1 Å². The van der Waals surface area contributed by atoms with Crippen LogP contribution in [0.5, 0.6) is 0 Å². The van der Waals surface area contributed by atoms with Gasteiger partial charge in [-0.25, -0.2) is 4.79 Å².